The van der Waals surface area contributed by atoms with E-state index >= 15 is 0 Å². The van der Waals surface area contributed by atoms with Gasteiger partial charge in [-0.25, -0.2) is 9.97 Å². The van der Waals surface area contributed by atoms with Gasteiger partial charge < -0.3 is 9.64 Å². The van der Waals surface area contributed by atoms with Crippen molar-refractivity contribution in [3.05, 3.63) is 16.1 Å². The molecule has 0 saturated carbocycles. The van der Waals surface area contributed by atoms with Crippen molar-refractivity contribution in [1.29, 1.82) is 0 Å². The van der Waals surface area contributed by atoms with Crippen LogP contribution in [0.3, 0.4) is 0 Å². The van der Waals surface area contributed by atoms with E-state index in [4.69, 9.17) is 4.74 Å². The molecule has 0 N–H and O–H groups in total. The van der Waals surface area contributed by atoms with Crippen LogP contribution < -0.4 is 4.74 Å². The normalized spacial score (nSPS) is 21.2. The maximum absolute atomic E-state index is 5.66. The van der Waals surface area contributed by atoms with Crippen LogP contribution in [-0.2, 0) is 0 Å². The molecule has 1 aliphatic heterocycles. The molecular weight excluding hydrogens is 317 g/mol. The van der Waals surface area contributed by atoms with Crippen molar-refractivity contribution in [2.45, 2.75) is 25.3 Å². The summed E-state index contributed by atoms with van der Waals surface area (Å²) in [4.78, 5) is 10.5. The molecule has 1 unspecified atom stereocenters. The number of aromatic nitrogens is 2. The van der Waals surface area contributed by atoms with Crippen molar-refractivity contribution >= 4 is 22.6 Å². The Hall–Kier alpha value is -0.430. The molecule has 1 aliphatic rings. The molecule has 4 nitrogen and oxygen atoms in total. The maximum atomic E-state index is 5.66. The van der Waals surface area contributed by atoms with Gasteiger partial charge in [0.25, 0.3) is 0 Å². The first-order valence-corrected chi connectivity index (χ1v) is 6.64. The lowest BCUT2D eigenvalue weighted by Gasteiger charge is -2.19. The molecule has 1 saturated heterocycles. The molecule has 0 radical (unpaired) electrons. The maximum Gasteiger partial charge on any atom is 0.230 e. The quantitative estimate of drug-likeness (QED) is 0.790. The summed E-state index contributed by atoms with van der Waals surface area (Å²) in [6.45, 7) is 1.96. The van der Waals surface area contributed by atoms with Gasteiger partial charge in [-0.2, -0.15) is 0 Å². The molecule has 5 heteroatoms. The third-order valence-corrected chi connectivity index (χ3v) is 3.74. The zero-order valence-corrected chi connectivity index (χ0v) is 11.6. The van der Waals surface area contributed by atoms with E-state index < -0.39 is 0 Å². The zero-order valence-electron chi connectivity index (χ0n) is 9.40. The third kappa shape index (κ3) is 3.04. The summed E-state index contributed by atoms with van der Waals surface area (Å²) >= 11 is 2.19. The largest absolute Gasteiger partial charge is 0.477 e. The van der Waals surface area contributed by atoms with Crippen molar-refractivity contribution in [2.75, 3.05) is 20.2 Å². The van der Waals surface area contributed by atoms with E-state index in [0.717, 1.165) is 16.6 Å². The van der Waals surface area contributed by atoms with Crippen LogP contribution in [0.4, 0.5) is 0 Å². The Balaban J connectivity index is 1.78. The highest BCUT2D eigenvalue weighted by Crippen LogP contribution is 2.19. The lowest BCUT2D eigenvalue weighted by Crippen LogP contribution is -2.26. The van der Waals surface area contributed by atoms with Crippen molar-refractivity contribution < 1.29 is 4.74 Å². The first kappa shape index (κ1) is 12.0. The van der Waals surface area contributed by atoms with Crippen LogP contribution in [0.25, 0.3) is 0 Å². The Morgan fingerprint density at radius 2 is 2.50 bits per heavy atom. The van der Waals surface area contributed by atoms with Crippen LogP contribution in [-0.4, -0.2) is 41.1 Å². The minimum atomic E-state index is 0.680. The fourth-order valence-electron chi connectivity index (χ4n) is 2.04. The van der Waals surface area contributed by atoms with Crippen LogP contribution in [0.1, 0.15) is 19.3 Å². The minimum absolute atomic E-state index is 0.680. The van der Waals surface area contributed by atoms with Crippen LogP contribution in [0.2, 0.25) is 0 Å². The second-order valence-corrected chi connectivity index (χ2v) is 5.25. The van der Waals surface area contributed by atoms with Gasteiger partial charge in [0, 0.05) is 12.2 Å². The van der Waals surface area contributed by atoms with Crippen molar-refractivity contribution in [2.24, 2.45) is 0 Å². The Morgan fingerprint density at radius 3 is 3.19 bits per heavy atom. The number of rotatable bonds is 4. The van der Waals surface area contributed by atoms with Crippen LogP contribution in [0.5, 0.6) is 5.88 Å². The minimum Gasteiger partial charge on any atom is -0.477 e. The molecule has 88 valence electrons. The highest BCUT2D eigenvalue weighted by atomic mass is 127. The number of halogens is 1. The molecule has 1 fully saturated rings. The second kappa shape index (κ2) is 5.77. The molecule has 16 heavy (non-hydrogen) atoms. The molecule has 0 aromatic carbocycles. The summed E-state index contributed by atoms with van der Waals surface area (Å²) in [5.41, 5.74) is 0. The SMILES string of the molecule is CN1CCCC1CCOc1ncncc1I. The predicted octanol–water partition coefficient (Wildman–Crippen LogP) is 1.94. The van der Waals surface area contributed by atoms with Gasteiger partial charge >= 0.3 is 0 Å². The van der Waals surface area contributed by atoms with E-state index in [2.05, 4.69) is 44.5 Å². The average Bonchev–Trinajstić information content (AvgIpc) is 2.67. The van der Waals surface area contributed by atoms with Gasteiger partial charge in [0.1, 0.15) is 6.33 Å². The Morgan fingerprint density at radius 1 is 1.62 bits per heavy atom. The Labute approximate surface area is 110 Å². The lowest BCUT2D eigenvalue weighted by atomic mass is 10.1. The standard InChI is InChI=1S/C11H16IN3O/c1-15-5-2-3-9(15)4-6-16-11-10(12)7-13-8-14-11/h7-9H,2-6H2,1H3. The summed E-state index contributed by atoms with van der Waals surface area (Å²) < 4.78 is 6.63. The summed E-state index contributed by atoms with van der Waals surface area (Å²) in [5, 5.41) is 0. The highest BCUT2D eigenvalue weighted by molar-refractivity contribution is 14.1. The zero-order chi connectivity index (χ0) is 11.4. The molecule has 2 rings (SSSR count). The van der Waals surface area contributed by atoms with E-state index in [0.29, 0.717) is 11.9 Å². The fraction of sp³-hybridized carbons (Fsp3) is 0.636. The van der Waals surface area contributed by atoms with E-state index in [1.165, 1.54) is 25.7 Å². The number of nitrogens with zero attached hydrogens (tertiary/aromatic N) is 3. The van der Waals surface area contributed by atoms with Gasteiger partial charge in [0.05, 0.1) is 10.2 Å². The Kier molecular flexibility index (Phi) is 4.34. The summed E-state index contributed by atoms with van der Waals surface area (Å²) in [6, 6.07) is 0.680. The summed E-state index contributed by atoms with van der Waals surface area (Å²) in [5.74, 6) is 0.705. The van der Waals surface area contributed by atoms with E-state index in [1.54, 1.807) is 6.20 Å². The van der Waals surface area contributed by atoms with Crippen LogP contribution in [0.15, 0.2) is 12.5 Å². The monoisotopic (exact) mass is 333 g/mol. The molecule has 0 bridgehead atoms. The molecule has 1 atom stereocenters. The topological polar surface area (TPSA) is 38.2 Å². The number of likely N-dealkylation sites (tertiary alicyclic amines) is 1. The molecule has 0 amide bonds. The lowest BCUT2D eigenvalue weighted by molar-refractivity contribution is 0.227. The average molecular weight is 333 g/mol. The van der Waals surface area contributed by atoms with E-state index in [9.17, 15) is 0 Å². The third-order valence-electron chi connectivity index (χ3n) is 3.00. The molecular formula is C11H16IN3O. The van der Waals surface area contributed by atoms with Crippen molar-refractivity contribution in [3.63, 3.8) is 0 Å². The number of hydrogen-bond donors (Lipinski definition) is 0. The predicted molar refractivity (Wildman–Crippen MR) is 70.5 cm³/mol. The highest BCUT2D eigenvalue weighted by Gasteiger charge is 2.20. The van der Waals surface area contributed by atoms with Gasteiger partial charge in [-0.1, -0.05) is 0 Å². The van der Waals surface area contributed by atoms with Gasteiger partial charge in [0.2, 0.25) is 5.88 Å². The summed E-state index contributed by atoms with van der Waals surface area (Å²) in [7, 11) is 2.19. The van der Waals surface area contributed by atoms with Crippen LogP contribution >= 0.6 is 22.6 Å². The molecule has 0 aliphatic carbocycles. The molecule has 1 aromatic rings. The molecule has 2 heterocycles. The molecule has 0 spiro atoms. The van der Waals surface area contributed by atoms with Crippen molar-refractivity contribution in [1.82, 2.24) is 14.9 Å². The van der Waals surface area contributed by atoms with Gasteiger partial charge in [-0.05, 0) is 55.4 Å². The van der Waals surface area contributed by atoms with E-state index in [-0.39, 0.29) is 0 Å². The molecule has 1 aromatic heterocycles. The number of hydrogen-bond acceptors (Lipinski definition) is 4. The van der Waals surface area contributed by atoms with Gasteiger partial charge in [-0.15, -0.1) is 0 Å². The second-order valence-electron chi connectivity index (χ2n) is 4.09. The smallest absolute Gasteiger partial charge is 0.230 e. The van der Waals surface area contributed by atoms with Gasteiger partial charge in [-0.3, -0.25) is 0 Å². The fourth-order valence-corrected chi connectivity index (χ4v) is 2.50. The summed E-state index contributed by atoms with van der Waals surface area (Å²) in [6.07, 6.45) is 6.98. The Bertz CT molecular complexity index is 348. The number of ether oxygens (including phenoxy) is 1. The van der Waals surface area contributed by atoms with Crippen LogP contribution in [0, 0.1) is 3.57 Å². The first-order chi connectivity index (χ1) is 7.77. The van der Waals surface area contributed by atoms with Gasteiger partial charge in [0.15, 0.2) is 0 Å². The van der Waals surface area contributed by atoms with Crippen molar-refractivity contribution in [3.8, 4) is 5.88 Å². The van der Waals surface area contributed by atoms with E-state index in [1.807, 2.05) is 0 Å². The first-order valence-electron chi connectivity index (χ1n) is 5.56.